The molecule has 0 radical (unpaired) electrons. The van der Waals surface area contributed by atoms with Crippen molar-refractivity contribution in [1.82, 2.24) is 25.1 Å². The van der Waals surface area contributed by atoms with E-state index in [2.05, 4.69) is 25.3 Å². The predicted octanol–water partition coefficient (Wildman–Crippen LogP) is 1.10. The van der Waals surface area contributed by atoms with Crippen molar-refractivity contribution >= 4 is 22.8 Å². The Bertz CT molecular complexity index is 702. The van der Waals surface area contributed by atoms with Crippen molar-refractivity contribution < 1.29 is 4.79 Å². The van der Waals surface area contributed by atoms with Crippen LogP contribution < -0.4 is 10.2 Å². The minimum Gasteiger partial charge on any atom is -0.355 e. The first-order valence-corrected chi connectivity index (χ1v) is 7.55. The third-order valence-corrected chi connectivity index (χ3v) is 3.87. The number of carbonyl (C=O) groups excluding carboxylic acids is 1. The molecule has 118 valence electrons. The van der Waals surface area contributed by atoms with Crippen molar-refractivity contribution in [1.29, 1.82) is 0 Å². The molecule has 2 aromatic heterocycles. The van der Waals surface area contributed by atoms with E-state index >= 15 is 0 Å². The molecule has 0 bridgehead atoms. The van der Waals surface area contributed by atoms with Gasteiger partial charge in [-0.3, -0.25) is 9.48 Å². The van der Waals surface area contributed by atoms with Gasteiger partial charge in [0, 0.05) is 25.7 Å². The first-order valence-electron chi connectivity index (χ1n) is 7.55. The lowest BCUT2D eigenvalue weighted by atomic mass is 10.0. The molecule has 0 saturated carbocycles. The Labute approximate surface area is 129 Å². The van der Waals surface area contributed by atoms with Crippen molar-refractivity contribution in [3.8, 4) is 0 Å². The van der Waals surface area contributed by atoms with Crippen LogP contribution in [0, 0.1) is 5.92 Å². The van der Waals surface area contributed by atoms with Crippen LogP contribution in [0.1, 0.15) is 27.2 Å². The highest BCUT2D eigenvalue weighted by molar-refractivity contribution is 5.87. The van der Waals surface area contributed by atoms with E-state index in [1.165, 1.54) is 0 Å². The molecule has 0 aliphatic carbocycles. The molecule has 7 heteroatoms. The molecule has 0 spiro atoms. The molecular formula is C15H22N6O. The highest BCUT2D eigenvalue weighted by Crippen LogP contribution is 2.28. The number of hydrogen-bond donors (Lipinski definition) is 1. The summed E-state index contributed by atoms with van der Waals surface area (Å²) in [4.78, 5) is 23.1. The van der Waals surface area contributed by atoms with E-state index in [0.717, 1.165) is 29.8 Å². The van der Waals surface area contributed by atoms with Gasteiger partial charge in [-0.1, -0.05) is 0 Å². The molecule has 1 amide bonds. The molecule has 1 aliphatic heterocycles. The summed E-state index contributed by atoms with van der Waals surface area (Å²) in [5, 5.41) is 8.23. The highest BCUT2D eigenvalue weighted by Gasteiger charge is 2.31. The maximum absolute atomic E-state index is 12.3. The summed E-state index contributed by atoms with van der Waals surface area (Å²) >= 11 is 0. The van der Waals surface area contributed by atoms with Crippen LogP contribution in [0.4, 0.5) is 5.82 Å². The van der Waals surface area contributed by atoms with Crippen LogP contribution in [0.25, 0.3) is 11.0 Å². The van der Waals surface area contributed by atoms with Crippen molar-refractivity contribution in [3.63, 3.8) is 0 Å². The van der Waals surface area contributed by atoms with Gasteiger partial charge >= 0.3 is 0 Å². The van der Waals surface area contributed by atoms with E-state index in [9.17, 15) is 4.79 Å². The van der Waals surface area contributed by atoms with Gasteiger partial charge in [-0.2, -0.15) is 5.10 Å². The fourth-order valence-electron chi connectivity index (χ4n) is 2.84. The molecule has 1 aliphatic rings. The molecule has 1 unspecified atom stereocenters. The molecule has 1 atom stereocenters. The fourth-order valence-corrected chi connectivity index (χ4v) is 2.84. The zero-order valence-electron chi connectivity index (χ0n) is 13.5. The van der Waals surface area contributed by atoms with E-state index in [1.807, 2.05) is 27.8 Å². The Balaban J connectivity index is 1.78. The van der Waals surface area contributed by atoms with Gasteiger partial charge in [-0.25, -0.2) is 9.97 Å². The lowest BCUT2D eigenvalue weighted by Crippen LogP contribution is -2.44. The van der Waals surface area contributed by atoms with Gasteiger partial charge < -0.3 is 10.2 Å². The van der Waals surface area contributed by atoms with Crippen LogP contribution in [-0.2, 0) is 11.8 Å². The minimum atomic E-state index is -0.198. The molecule has 0 aromatic carbocycles. The zero-order valence-corrected chi connectivity index (χ0v) is 13.5. The van der Waals surface area contributed by atoms with Crippen LogP contribution in [0.15, 0.2) is 12.5 Å². The summed E-state index contributed by atoms with van der Waals surface area (Å²) in [6, 6.07) is 0. The summed E-state index contributed by atoms with van der Waals surface area (Å²) in [6.07, 6.45) is 4.18. The number of nitrogens with zero attached hydrogens (tertiary/aromatic N) is 5. The fraction of sp³-hybridized carbons (Fsp3) is 0.600. The van der Waals surface area contributed by atoms with Gasteiger partial charge in [0.15, 0.2) is 5.65 Å². The molecular weight excluding hydrogens is 280 g/mol. The molecule has 3 heterocycles. The molecule has 22 heavy (non-hydrogen) atoms. The largest absolute Gasteiger partial charge is 0.355 e. The topological polar surface area (TPSA) is 75.9 Å². The van der Waals surface area contributed by atoms with Crippen LogP contribution in [0.3, 0.4) is 0 Å². The Kier molecular flexibility index (Phi) is 3.50. The van der Waals surface area contributed by atoms with Crippen molar-refractivity contribution in [2.24, 2.45) is 13.0 Å². The summed E-state index contributed by atoms with van der Waals surface area (Å²) in [5.74, 6) is 0.983. The second-order valence-electron chi connectivity index (χ2n) is 6.87. The Morgan fingerprint density at radius 3 is 2.86 bits per heavy atom. The Morgan fingerprint density at radius 2 is 2.14 bits per heavy atom. The highest BCUT2D eigenvalue weighted by atomic mass is 16.2. The third kappa shape index (κ3) is 2.75. The normalized spacial score (nSPS) is 18.9. The summed E-state index contributed by atoms with van der Waals surface area (Å²) < 4.78 is 1.74. The second-order valence-corrected chi connectivity index (χ2v) is 6.87. The van der Waals surface area contributed by atoms with Crippen LogP contribution >= 0.6 is 0 Å². The van der Waals surface area contributed by atoms with Crippen LogP contribution in [-0.4, -0.2) is 44.3 Å². The first kappa shape index (κ1) is 14.7. The van der Waals surface area contributed by atoms with Crippen molar-refractivity contribution in [3.05, 3.63) is 12.5 Å². The Hall–Kier alpha value is -2.18. The van der Waals surface area contributed by atoms with Gasteiger partial charge in [0.2, 0.25) is 5.91 Å². The summed E-state index contributed by atoms with van der Waals surface area (Å²) in [5.41, 5.74) is 0.614. The number of aryl methyl sites for hydroxylation is 1. The quantitative estimate of drug-likeness (QED) is 0.899. The summed E-state index contributed by atoms with van der Waals surface area (Å²) in [7, 11) is 1.86. The van der Waals surface area contributed by atoms with E-state index < -0.39 is 0 Å². The number of hydrogen-bond acceptors (Lipinski definition) is 5. The van der Waals surface area contributed by atoms with Gasteiger partial charge in [0.05, 0.1) is 17.5 Å². The molecule has 7 nitrogen and oxygen atoms in total. The van der Waals surface area contributed by atoms with Gasteiger partial charge in [-0.15, -0.1) is 0 Å². The second kappa shape index (κ2) is 5.23. The number of anilines is 1. The van der Waals surface area contributed by atoms with E-state index in [-0.39, 0.29) is 17.4 Å². The average molecular weight is 302 g/mol. The number of rotatable bonds is 2. The third-order valence-electron chi connectivity index (χ3n) is 3.87. The SMILES string of the molecule is Cn1ncc2c(N3CCC(C(=O)NC(C)(C)C)C3)ncnc21. The zero-order chi connectivity index (χ0) is 15.9. The molecule has 1 N–H and O–H groups in total. The predicted molar refractivity (Wildman–Crippen MR) is 84.5 cm³/mol. The van der Waals surface area contributed by atoms with E-state index in [0.29, 0.717) is 6.54 Å². The smallest absolute Gasteiger partial charge is 0.225 e. The molecule has 1 fully saturated rings. The van der Waals surface area contributed by atoms with Crippen LogP contribution in [0.5, 0.6) is 0 Å². The molecule has 2 aromatic rings. The van der Waals surface area contributed by atoms with Crippen LogP contribution in [0.2, 0.25) is 0 Å². The number of amides is 1. The van der Waals surface area contributed by atoms with Gasteiger partial charge in [0.1, 0.15) is 12.1 Å². The number of nitrogens with one attached hydrogen (secondary N) is 1. The first-order chi connectivity index (χ1) is 10.3. The van der Waals surface area contributed by atoms with Gasteiger partial charge in [-0.05, 0) is 27.2 Å². The maximum atomic E-state index is 12.3. The lowest BCUT2D eigenvalue weighted by molar-refractivity contribution is -0.125. The minimum absolute atomic E-state index is 0.000844. The van der Waals surface area contributed by atoms with Crippen molar-refractivity contribution in [2.75, 3.05) is 18.0 Å². The lowest BCUT2D eigenvalue weighted by Gasteiger charge is -2.23. The summed E-state index contributed by atoms with van der Waals surface area (Å²) in [6.45, 7) is 7.51. The van der Waals surface area contributed by atoms with E-state index in [4.69, 9.17) is 0 Å². The Morgan fingerprint density at radius 1 is 1.36 bits per heavy atom. The van der Waals surface area contributed by atoms with E-state index in [1.54, 1.807) is 17.2 Å². The number of fused-ring (bicyclic) bond motifs is 1. The van der Waals surface area contributed by atoms with Gasteiger partial charge in [0.25, 0.3) is 0 Å². The maximum Gasteiger partial charge on any atom is 0.225 e. The average Bonchev–Trinajstić information content (AvgIpc) is 3.04. The monoisotopic (exact) mass is 302 g/mol. The number of carbonyl (C=O) groups is 1. The standard InChI is InChI=1S/C15H22N6O/c1-15(2,3)19-14(22)10-5-6-21(8-10)13-11-7-18-20(4)12(11)16-9-17-13/h7,9-10H,5-6,8H2,1-4H3,(H,19,22). The molecule has 1 saturated heterocycles. The van der Waals surface area contributed by atoms with Crippen molar-refractivity contribution in [2.45, 2.75) is 32.7 Å². The number of aromatic nitrogens is 4. The molecule has 3 rings (SSSR count).